The van der Waals surface area contributed by atoms with Crippen LogP contribution in [0.2, 0.25) is 0 Å². The smallest absolute Gasteiger partial charge is 0.225 e. The van der Waals surface area contributed by atoms with Crippen LogP contribution in [-0.2, 0) is 11.3 Å². The summed E-state index contributed by atoms with van der Waals surface area (Å²) in [5.41, 5.74) is 2.34. The van der Waals surface area contributed by atoms with Crippen LogP contribution >= 0.6 is 0 Å². The lowest BCUT2D eigenvalue weighted by molar-refractivity contribution is -0.134. The summed E-state index contributed by atoms with van der Waals surface area (Å²) in [7, 11) is 0. The van der Waals surface area contributed by atoms with Crippen LogP contribution < -0.4 is 5.32 Å². The van der Waals surface area contributed by atoms with Crippen molar-refractivity contribution in [1.29, 1.82) is 0 Å². The molecule has 1 saturated heterocycles. The van der Waals surface area contributed by atoms with Crippen LogP contribution in [0.3, 0.4) is 0 Å². The molecule has 1 N–H and O–H groups in total. The molecule has 2 heterocycles. The summed E-state index contributed by atoms with van der Waals surface area (Å²) in [6, 6.07) is 11.0. The second-order valence-electron chi connectivity index (χ2n) is 7.50. The molecule has 2 aliphatic rings. The van der Waals surface area contributed by atoms with E-state index in [0.29, 0.717) is 23.8 Å². The number of fused-ring (bicyclic) bond motifs is 1. The monoisotopic (exact) mass is 337 g/mol. The van der Waals surface area contributed by atoms with Gasteiger partial charge in [0.05, 0.1) is 5.52 Å². The van der Waals surface area contributed by atoms with Crippen molar-refractivity contribution in [3.63, 3.8) is 0 Å². The first-order valence-corrected chi connectivity index (χ1v) is 9.61. The number of amides is 1. The highest BCUT2D eigenvalue weighted by Gasteiger charge is 2.37. The Kier molecular flexibility index (Phi) is 4.71. The van der Waals surface area contributed by atoms with E-state index in [0.717, 1.165) is 50.8 Å². The van der Waals surface area contributed by atoms with Gasteiger partial charge in [-0.3, -0.25) is 9.78 Å². The summed E-state index contributed by atoms with van der Waals surface area (Å²) in [5.74, 6) is 1.28. The zero-order valence-electron chi connectivity index (χ0n) is 14.9. The van der Waals surface area contributed by atoms with Gasteiger partial charge in [0, 0.05) is 43.2 Å². The predicted molar refractivity (Wildman–Crippen MR) is 100 cm³/mol. The molecule has 4 nitrogen and oxygen atoms in total. The Morgan fingerprint density at radius 2 is 2.08 bits per heavy atom. The number of benzene rings is 1. The van der Waals surface area contributed by atoms with Gasteiger partial charge < -0.3 is 10.2 Å². The molecule has 0 bridgehead atoms. The van der Waals surface area contributed by atoms with Crippen LogP contribution in [0.1, 0.15) is 38.2 Å². The van der Waals surface area contributed by atoms with E-state index >= 15 is 0 Å². The molecule has 1 aromatic carbocycles. The van der Waals surface area contributed by atoms with Gasteiger partial charge in [-0.2, -0.15) is 0 Å². The quantitative estimate of drug-likeness (QED) is 0.910. The Bertz CT molecular complexity index is 750. The van der Waals surface area contributed by atoms with Crippen molar-refractivity contribution in [3.05, 3.63) is 42.1 Å². The highest BCUT2D eigenvalue weighted by Crippen LogP contribution is 2.33. The van der Waals surface area contributed by atoms with E-state index in [2.05, 4.69) is 46.4 Å². The van der Waals surface area contributed by atoms with Crippen LogP contribution in [-0.4, -0.2) is 34.9 Å². The first kappa shape index (κ1) is 16.5. The van der Waals surface area contributed by atoms with Gasteiger partial charge in [0.25, 0.3) is 0 Å². The van der Waals surface area contributed by atoms with Crippen molar-refractivity contribution in [2.24, 2.45) is 11.8 Å². The van der Waals surface area contributed by atoms with Gasteiger partial charge in [0.2, 0.25) is 5.91 Å². The summed E-state index contributed by atoms with van der Waals surface area (Å²) >= 11 is 0. The third-order valence-electron chi connectivity index (χ3n) is 5.77. The van der Waals surface area contributed by atoms with Gasteiger partial charge in [-0.1, -0.05) is 37.6 Å². The highest BCUT2D eigenvalue weighted by molar-refractivity contribution is 5.82. The summed E-state index contributed by atoms with van der Waals surface area (Å²) < 4.78 is 0. The van der Waals surface area contributed by atoms with Crippen molar-refractivity contribution < 1.29 is 4.79 Å². The SMILES string of the molecule is CC[C@H]1CN(C(=O)C2CC2)CC[C@H]1NCc1cccc2cccnc12. The third kappa shape index (κ3) is 3.54. The molecule has 2 atom stereocenters. The van der Waals surface area contributed by atoms with Crippen molar-refractivity contribution >= 4 is 16.8 Å². The molecule has 2 aromatic rings. The number of hydrogen-bond acceptors (Lipinski definition) is 3. The lowest BCUT2D eigenvalue weighted by Gasteiger charge is -2.39. The molecule has 1 aliphatic carbocycles. The molecule has 1 saturated carbocycles. The molecule has 0 radical (unpaired) electrons. The van der Waals surface area contributed by atoms with Crippen molar-refractivity contribution in [2.45, 2.75) is 45.2 Å². The van der Waals surface area contributed by atoms with E-state index in [9.17, 15) is 4.79 Å². The number of carbonyl (C=O) groups is 1. The van der Waals surface area contributed by atoms with Crippen LogP contribution in [0, 0.1) is 11.8 Å². The first-order valence-electron chi connectivity index (χ1n) is 9.61. The zero-order valence-corrected chi connectivity index (χ0v) is 14.9. The maximum absolute atomic E-state index is 12.4. The van der Waals surface area contributed by atoms with Gasteiger partial charge >= 0.3 is 0 Å². The normalized spacial score (nSPS) is 23.8. The van der Waals surface area contributed by atoms with E-state index in [1.165, 1.54) is 10.9 Å². The van der Waals surface area contributed by atoms with Gasteiger partial charge in [-0.05, 0) is 36.8 Å². The molecule has 4 rings (SSSR count). The number of carbonyl (C=O) groups excluding carboxylic acids is 1. The number of hydrogen-bond donors (Lipinski definition) is 1. The molecule has 1 amide bonds. The molecule has 0 unspecified atom stereocenters. The number of para-hydroxylation sites is 1. The molecule has 0 spiro atoms. The molecule has 2 fully saturated rings. The van der Waals surface area contributed by atoms with Gasteiger partial charge in [-0.25, -0.2) is 0 Å². The van der Waals surface area contributed by atoms with Gasteiger partial charge in [-0.15, -0.1) is 0 Å². The van der Waals surface area contributed by atoms with E-state index < -0.39 is 0 Å². The summed E-state index contributed by atoms with van der Waals surface area (Å²) in [6.45, 7) is 4.89. The Morgan fingerprint density at radius 1 is 1.24 bits per heavy atom. The number of likely N-dealkylation sites (tertiary alicyclic amines) is 1. The fourth-order valence-corrected chi connectivity index (χ4v) is 4.05. The number of nitrogens with zero attached hydrogens (tertiary/aromatic N) is 2. The Morgan fingerprint density at radius 3 is 2.88 bits per heavy atom. The number of aromatic nitrogens is 1. The van der Waals surface area contributed by atoms with Crippen LogP contribution in [0.25, 0.3) is 10.9 Å². The third-order valence-corrected chi connectivity index (χ3v) is 5.77. The number of nitrogens with one attached hydrogen (secondary N) is 1. The van der Waals surface area contributed by atoms with E-state index in [-0.39, 0.29) is 0 Å². The Hall–Kier alpha value is -1.94. The van der Waals surface area contributed by atoms with Crippen LogP contribution in [0.15, 0.2) is 36.5 Å². The summed E-state index contributed by atoms with van der Waals surface area (Å²) in [6.07, 6.45) is 6.22. The maximum Gasteiger partial charge on any atom is 0.225 e. The molecular weight excluding hydrogens is 310 g/mol. The maximum atomic E-state index is 12.4. The Labute approximate surface area is 149 Å². The minimum absolute atomic E-state index is 0.337. The lowest BCUT2D eigenvalue weighted by atomic mass is 9.89. The molecule has 132 valence electrons. The highest BCUT2D eigenvalue weighted by atomic mass is 16.2. The van der Waals surface area contributed by atoms with Crippen molar-refractivity contribution in [2.75, 3.05) is 13.1 Å². The number of pyridine rings is 1. The predicted octanol–water partition coefficient (Wildman–Crippen LogP) is 3.36. The molecule has 1 aliphatic heterocycles. The van der Waals surface area contributed by atoms with Gasteiger partial charge in [0.1, 0.15) is 0 Å². The fraction of sp³-hybridized carbons (Fsp3) is 0.524. The average molecular weight is 337 g/mol. The van der Waals surface area contributed by atoms with Gasteiger partial charge in [0.15, 0.2) is 0 Å². The first-order chi connectivity index (χ1) is 12.3. The topological polar surface area (TPSA) is 45.2 Å². The molecule has 1 aromatic heterocycles. The standard InChI is InChI=1S/C21H27N3O/c1-2-15-14-24(21(25)17-8-9-17)12-10-19(15)23-13-18-6-3-5-16-7-4-11-22-20(16)18/h3-7,11,15,17,19,23H,2,8-10,12-14H2,1H3/t15-,19+/m0/s1. The largest absolute Gasteiger partial charge is 0.342 e. The van der Waals surface area contributed by atoms with Crippen molar-refractivity contribution in [3.8, 4) is 0 Å². The number of rotatable bonds is 5. The van der Waals surface area contributed by atoms with Crippen molar-refractivity contribution in [1.82, 2.24) is 15.2 Å². The fourth-order valence-electron chi connectivity index (χ4n) is 4.05. The van der Waals surface area contributed by atoms with Crippen LogP contribution in [0.5, 0.6) is 0 Å². The Balaban J connectivity index is 1.41. The average Bonchev–Trinajstić information content (AvgIpc) is 3.51. The van der Waals surface area contributed by atoms with E-state index in [1.54, 1.807) is 0 Å². The lowest BCUT2D eigenvalue weighted by Crippen LogP contribution is -2.51. The number of piperidine rings is 1. The van der Waals surface area contributed by atoms with E-state index in [1.807, 2.05) is 12.3 Å². The summed E-state index contributed by atoms with van der Waals surface area (Å²) in [4.78, 5) is 19.0. The minimum Gasteiger partial charge on any atom is -0.342 e. The zero-order chi connectivity index (χ0) is 17.2. The van der Waals surface area contributed by atoms with Crippen LogP contribution in [0.4, 0.5) is 0 Å². The minimum atomic E-state index is 0.337. The molecule has 4 heteroatoms. The second kappa shape index (κ2) is 7.12. The molecule has 25 heavy (non-hydrogen) atoms. The van der Waals surface area contributed by atoms with E-state index in [4.69, 9.17) is 0 Å². The second-order valence-corrected chi connectivity index (χ2v) is 7.50. The molecular formula is C21H27N3O. The summed E-state index contributed by atoms with van der Waals surface area (Å²) in [5, 5.41) is 4.95.